The van der Waals surface area contributed by atoms with Crippen molar-refractivity contribution in [3.63, 3.8) is 0 Å². The van der Waals surface area contributed by atoms with Crippen LogP contribution in [0, 0.1) is 0 Å². The molecule has 17 heavy (non-hydrogen) atoms. The van der Waals surface area contributed by atoms with Gasteiger partial charge >= 0.3 is 15.2 Å². The smallest absolute Gasteiger partial charge is 0.368 e. The van der Waals surface area contributed by atoms with Crippen molar-refractivity contribution in [2.75, 3.05) is 6.54 Å². The minimum Gasteiger partial charge on any atom is -0.368 e. The Bertz CT molecular complexity index is 333. The van der Waals surface area contributed by atoms with E-state index in [0.29, 0.717) is 0 Å². The van der Waals surface area contributed by atoms with E-state index in [1.807, 2.05) is 0 Å². The molecule has 1 fully saturated rings. The van der Waals surface area contributed by atoms with Crippen LogP contribution in [0.15, 0.2) is 0 Å². The van der Waals surface area contributed by atoms with Crippen LogP contribution < -0.4 is 5.32 Å². The highest BCUT2D eigenvalue weighted by Crippen LogP contribution is 2.69. The summed E-state index contributed by atoms with van der Waals surface area (Å²) < 4.78 is 22.1. The van der Waals surface area contributed by atoms with Gasteiger partial charge in [-0.2, -0.15) is 0 Å². The molecule has 1 heterocycles. The molecule has 6 N–H and O–H groups in total. The summed E-state index contributed by atoms with van der Waals surface area (Å²) in [7, 11) is -10.6. The molecule has 10 heteroatoms. The Morgan fingerprint density at radius 2 is 1.71 bits per heavy atom. The first-order chi connectivity index (χ1) is 7.58. The van der Waals surface area contributed by atoms with Crippen molar-refractivity contribution in [1.29, 1.82) is 0 Å². The molecule has 1 unspecified atom stereocenters. The zero-order valence-corrected chi connectivity index (χ0v) is 10.8. The first-order valence-electron chi connectivity index (χ1n) is 5.15. The molecule has 0 saturated carbocycles. The van der Waals surface area contributed by atoms with Crippen molar-refractivity contribution >= 4 is 15.2 Å². The van der Waals surface area contributed by atoms with E-state index in [1.165, 1.54) is 0 Å². The molecule has 0 radical (unpaired) electrons. The van der Waals surface area contributed by atoms with Crippen LogP contribution in [0.25, 0.3) is 0 Å². The number of hydrogen-bond donors (Lipinski definition) is 6. The van der Waals surface area contributed by atoms with E-state index in [1.54, 1.807) is 0 Å². The van der Waals surface area contributed by atoms with Crippen molar-refractivity contribution in [2.45, 2.75) is 36.8 Å². The van der Waals surface area contributed by atoms with Crippen LogP contribution in [-0.4, -0.2) is 42.3 Å². The zero-order chi connectivity index (χ0) is 13.3. The van der Waals surface area contributed by atoms with Gasteiger partial charge in [-0.25, -0.2) is 0 Å². The second-order valence-electron chi connectivity index (χ2n) is 4.19. The maximum absolute atomic E-state index is 11.0. The van der Waals surface area contributed by atoms with Crippen molar-refractivity contribution < 1.29 is 33.8 Å². The summed E-state index contributed by atoms with van der Waals surface area (Å²) in [6, 6.07) is -0.0698. The van der Waals surface area contributed by atoms with Crippen LogP contribution >= 0.6 is 15.2 Å². The number of aliphatic hydroxyl groups is 1. The van der Waals surface area contributed by atoms with E-state index < -0.39 is 26.7 Å². The summed E-state index contributed by atoms with van der Waals surface area (Å²) in [5.74, 6) is 0. The lowest BCUT2D eigenvalue weighted by molar-refractivity contribution is 0.118. The normalized spacial score (nSPS) is 23.0. The van der Waals surface area contributed by atoms with Crippen LogP contribution in [0.1, 0.15) is 25.7 Å². The molecule has 0 aliphatic carbocycles. The van der Waals surface area contributed by atoms with Crippen molar-refractivity contribution in [1.82, 2.24) is 5.32 Å². The predicted octanol–water partition coefficient (Wildman–Crippen LogP) is -0.480. The predicted molar refractivity (Wildman–Crippen MR) is 59.3 cm³/mol. The van der Waals surface area contributed by atoms with Crippen LogP contribution in [0.4, 0.5) is 0 Å². The van der Waals surface area contributed by atoms with Gasteiger partial charge in [0.2, 0.25) is 0 Å². The molecule has 1 rings (SSSR count). The minimum absolute atomic E-state index is 0.0698. The summed E-state index contributed by atoms with van der Waals surface area (Å²) in [5, 5.41) is 9.33. The Kier molecular flexibility index (Phi) is 4.56. The first kappa shape index (κ1) is 15.3. The molecular formula is C7H17NO7P2. The third kappa shape index (κ3) is 3.36. The monoisotopic (exact) mass is 289 g/mol. The fourth-order valence-electron chi connectivity index (χ4n) is 1.83. The molecule has 8 nitrogen and oxygen atoms in total. The SMILES string of the molecule is O=P(O)(O)C(O)(CCC1CCCN1)P(=O)(O)O. The van der Waals surface area contributed by atoms with E-state index in [9.17, 15) is 14.2 Å². The Labute approximate surface area is 98.4 Å². The van der Waals surface area contributed by atoms with Crippen LogP contribution in [0.5, 0.6) is 0 Å². The molecule has 0 aromatic carbocycles. The minimum atomic E-state index is -5.30. The third-order valence-corrected chi connectivity index (χ3v) is 6.80. The standard InChI is InChI=1S/C7H17NO7P2/c9-7(16(10,11)12,17(13,14)15)4-3-6-2-1-5-8-6/h6,8-9H,1-5H2,(H2,10,11,12)(H2,13,14,15). The van der Waals surface area contributed by atoms with Gasteiger partial charge in [0, 0.05) is 12.5 Å². The number of hydrogen-bond acceptors (Lipinski definition) is 4. The Balaban J connectivity index is 2.78. The van der Waals surface area contributed by atoms with Gasteiger partial charge in [-0.05, 0) is 25.8 Å². The molecular weight excluding hydrogens is 272 g/mol. The van der Waals surface area contributed by atoms with Crippen molar-refractivity contribution in [3.05, 3.63) is 0 Å². The lowest BCUT2D eigenvalue weighted by Crippen LogP contribution is -2.32. The average Bonchev–Trinajstić information content (AvgIpc) is 2.62. The van der Waals surface area contributed by atoms with Crippen LogP contribution in [-0.2, 0) is 9.13 Å². The Morgan fingerprint density at radius 1 is 1.18 bits per heavy atom. The largest absolute Gasteiger partial charge is 0.369 e. The second-order valence-corrected chi connectivity index (χ2v) is 8.20. The maximum atomic E-state index is 11.0. The fraction of sp³-hybridized carbons (Fsp3) is 1.00. The number of nitrogens with one attached hydrogen (secondary N) is 1. The van der Waals surface area contributed by atoms with Gasteiger partial charge in [0.1, 0.15) is 0 Å². The molecule has 102 valence electrons. The topological polar surface area (TPSA) is 147 Å². The first-order valence-corrected chi connectivity index (χ1v) is 8.37. The fourth-order valence-corrected chi connectivity index (χ4v) is 4.03. The van der Waals surface area contributed by atoms with E-state index in [2.05, 4.69) is 5.32 Å². The van der Waals surface area contributed by atoms with Gasteiger partial charge in [-0.1, -0.05) is 0 Å². The lowest BCUT2D eigenvalue weighted by Gasteiger charge is -2.30. The van der Waals surface area contributed by atoms with Crippen LogP contribution in [0.2, 0.25) is 0 Å². The zero-order valence-electron chi connectivity index (χ0n) is 9.06. The molecule has 0 aromatic heterocycles. The van der Waals surface area contributed by atoms with Gasteiger partial charge in [-0.15, -0.1) is 0 Å². The molecule has 1 atom stereocenters. The molecule has 0 aromatic rings. The van der Waals surface area contributed by atoms with E-state index in [-0.39, 0.29) is 12.5 Å². The van der Waals surface area contributed by atoms with Crippen LogP contribution in [0.3, 0.4) is 0 Å². The molecule has 0 amide bonds. The summed E-state index contributed by atoms with van der Waals surface area (Å²) in [4.78, 5) is 35.6. The highest BCUT2D eigenvalue weighted by Gasteiger charge is 2.58. The third-order valence-electron chi connectivity index (χ3n) is 2.92. The van der Waals surface area contributed by atoms with Crippen molar-refractivity contribution in [3.8, 4) is 0 Å². The summed E-state index contributed by atoms with van der Waals surface area (Å²) in [5.41, 5.74) is 0. The molecule has 0 spiro atoms. The highest BCUT2D eigenvalue weighted by atomic mass is 31.2. The lowest BCUT2D eigenvalue weighted by atomic mass is 10.1. The molecule has 1 aliphatic rings. The highest BCUT2D eigenvalue weighted by molar-refractivity contribution is 7.72. The summed E-state index contributed by atoms with van der Waals surface area (Å²) in [6.07, 6.45) is 1.12. The van der Waals surface area contributed by atoms with Gasteiger partial charge in [0.15, 0.2) is 0 Å². The summed E-state index contributed by atoms with van der Waals surface area (Å²) in [6.45, 7) is 0.759. The number of rotatable bonds is 5. The molecule has 0 bridgehead atoms. The van der Waals surface area contributed by atoms with Gasteiger partial charge in [-0.3, -0.25) is 9.13 Å². The summed E-state index contributed by atoms with van der Waals surface area (Å²) >= 11 is 0. The molecule has 1 aliphatic heterocycles. The molecule has 1 saturated heterocycles. The van der Waals surface area contributed by atoms with E-state index in [0.717, 1.165) is 19.4 Å². The average molecular weight is 289 g/mol. The van der Waals surface area contributed by atoms with Gasteiger partial charge in [0.05, 0.1) is 0 Å². The quantitative estimate of drug-likeness (QED) is 0.372. The van der Waals surface area contributed by atoms with Gasteiger partial charge < -0.3 is 30.0 Å². The maximum Gasteiger partial charge on any atom is 0.369 e. The van der Waals surface area contributed by atoms with Crippen molar-refractivity contribution in [2.24, 2.45) is 0 Å². The van der Waals surface area contributed by atoms with E-state index in [4.69, 9.17) is 19.6 Å². The second kappa shape index (κ2) is 5.07. The Hall–Kier alpha value is 0.220. The van der Waals surface area contributed by atoms with E-state index >= 15 is 0 Å². The van der Waals surface area contributed by atoms with Gasteiger partial charge in [0.25, 0.3) is 5.08 Å². The Morgan fingerprint density at radius 3 is 2.06 bits per heavy atom.